The molecule has 6 nitrogen and oxygen atoms in total. The van der Waals surface area contributed by atoms with Gasteiger partial charge in [-0.1, -0.05) is 11.6 Å². The monoisotopic (exact) mass is 384 g/mol. The molecule has 0 fully saturated rings. The minimum Gasteiger partial charge on any atom is -0.454 e. The second kappa shape index (κ2) is 6.03. The molecule has 0 aliphatic heterocycles. The Hall–Kier alpha value is -2.51. The van der Waals surface area contributed by atoms with E-state index in [1.807, 2.05) is 0 Å². The Balaban J connectivity index is 1.44. The normalized spacial score (nSPS) is 13.4. The SMILES string of the molecule is O=C(COc1nc2c3c4c(sc3ncn2n1)CCC4)c1ccc(Cl)cc1. The quantitative estimate of drug-likeness (QED) is 0.501. The average molecular weight is 385 g/mol. The van der Waals surface area contributed by atoms with Crippen LogP contribution in [0.3, 0.4) is 0 Å². The third kappa shape index (κ3) is 2.55. The summed E-state index contributed by atoms with van der Waals surface area (Å²) in [6.07, 6.45) is 4.97. The van der Waals surface area contributed by atoms with Gasteiger partial charge >= 0.3 is 6.01 Å². The Morgan fingerprint density at radius 1 is 1.27 bits per heavy atom. The van der Waals surface area contributed by atoms with E-state index in [4.69, 9.17) is 16.3 Å². The number of hydrogen-bond acceptors (Lipinski definition) is 6. The molecule has 5 rings (SSSR count). The summed E-state index contributed by atoms with van der Waals surface area (Å²) in [5.41, 5.74) is 2.61. The van der Waals surface area contributed by atoms with E-state index in [-0.39, 0.29) is 18.4 Å². The molecular weight excluding hydrogens is 372 g/mol. The van der Waals surface area contributed by atoms with E-state index >= 15 is 0 Å². The summed E-state index contributed by atoms with van der Waals surface area (Å²) in [6, 6.07) is 6.88. The topological polar surface area (TPSA) is 69.4 Å². The molecule has 0 bridgehead atoms. The van der Waals surface area contributed by atoms with Crippen molar-refractivity contribution in [2.24, 2.45) is 0 Å². The summed E-state index contributed by atoms with van der Waals surface area (Å²) < 4.78 is 7.15. The van der Waals surface area contributed by atoms with Crippen molar-refractivity contribution in [2.75, 3.05) is 6.61 Å². The number of Topliss-reactive ketones (excluding diaryl/α,β-unsaturated/α-hetero) is 1. The number of benzene rings is 1. The molecular formula is C18H13ClN4O2S. The van der Waals surface area contributed by atoms with Crippen molar-refractivity contribution in [3.8, 4) is 6.01 Å². The molecule has 0 spiro atoms. The Labute approximate surface area is 157 Å². The van der Waals surface area contributed by atoms with Gasteiger partial charge in [0.25, 0.3) is 0 Å². The molecule has 0 radical (unpaired) electrons. The van der Waals surface area contributed by atoms with Gasteiger partial charge in [-0.15, -0.1) is 16.4 Å². The molecule has 0 saturated heterocycles. The van der Waals surface area contributed by atoms with Gasteiger partial charge in [0, 0.05) is 15.5 Å². The summed E-state index contributed by atoms with van der Waals surface area (Å²) >= 11 is 7.57. The van der Waals surface area contributed by atoms with Crippen molar-refractivity contribution >= 4 is 44.6 Å². The number of carbonyl (C=O) groups is 1. The van der Waals surface area contributed by atoms with E-state index in [9.17, 15) is 4.79 Å². The molecule has 0 atom stereocenters. The Morgan fingerprint density at radius 3 is 2.96 bits per heavy atom. The third-order valence-corrected chi connectivity index (χ3v) is 5.97. The number of ether oxygens (including phenoxy) is 1. The van der Waals surface area contributed by atoms with Crippen LogP contribution in [0, 0.1) is 0 Å². The molecule has 4 aromatic rings. The van der Waals surface area contributed by atoms with E-state index in [0.29, 0.717) is 10.6 Å². The summed E-state index contributed by atoms with van der Waals surface area (Å²) in [5.74, 6) is -0.153. The highest BCUT2D eigenvalue weighted by atomic mass is 35.5. The largest absolute Gasteiger partial charge is 0.454 e. The minimum atomic E-state index is -0.153. The van der Waals surface area contributed by atoms with Gasteiger partial charge in [0.2, 0.25) is 0 Å². The highest BCUT2D eigenvalue weighted by Gasteiger charge is 2.22. The predicted octanol–water partition coefficient (Wildman–Crippen LogP) is 3.74. The standard InChI is InChI=1S/C18H13ClN4O2S/c19-11-6-4-10(5-7-11)13(24)8-25-18-21-16-15-12-2-1-3-14(12)26-17(15)20-9-23(16)22-18/h4-7,9H,1-3,8H2. The summed E-state index contributed by atoms with van der Waals surface area (Å²) in [6.45, 7) is -0.128. The first-order valence-electron chi connectivity index (χ1n) is 8.26. The predicted molar refractivity (Wildman–Crippen MR) is 99.5 cm³/mol. The maximum atomic E-state index is 12.2. The Morgan fingerprint density at radius 2 is 2.12 bits per heavy atom. The fourth-order valence-corrected chi connectivity index (χ4v) is 4.63. The van der Waals surface area contributed by atoms with Gasteiger partial charge in [0.15, 0.2) is 18.0 Å². The molecule has 0 amide bonds. The van der Waals surface area contributed by atoms with Gasteiger partial charge < -0.3 is 4.74 Å². The van der Waals surface area contributed by atoms with Crippen molar-refractivity contribution in [2.45, 2.75) is 19.3 Å². The number of aryl methyl sites for hydroxylation is 2. The first kappa shape index (κ1) is 15.7. The lowest BCUT2D eigenvalue weighted by atomic mass is 10.1. The van der Waals surface area contributed by atoms with Crippen molar-refractivity contribution in [1.29, 1.82) is 0 Å². The maximum Gasteiger partial charge on any atom is 0.336 e. The van der Waals surface area contributed by atoms with Crippen molar-refractivity contribution < 1.29 is 9.53 Å². The molecule has 130 valence electrons. The van der Waals surface area contributed by atoms with E-state index < -0.39 is 0 Å². The van der Waals surface area contributed by atoms with Crippen LogP contribution in [0.4, 0.5) is 0 Å². The molecule has 26 heavy (non-hydrogen) atoms. The molecule has 0 saturated carbocycles. The number of aromatic nitrogens is 4. The second-order valence-electron chi connectivity index (χ2n) is 6.16. The average Bonchev–Trinajstić information content (AvgIpc) is 3.33. The fourth-order valence-electron chi connectivity index (χ4n) is 3.28. The molecule has 3 heterocycles. The van der Waals surface area contributed by atoms with E-state index in [1.165, 1.54) is 16.9 Å². The van der Waals surface area contributed by atoms with Gasteiger partial charge in [-0.3, -0.25) is 4.79 Å². The minimum absolute atomic E-state index is 0.128. The van der Waals surface area contributed by atoms with E-state index in [0.717, 1.165) is 28.7 Å². The van der Waals surface area contributed by atoms with Crippen molar-refractivity contribution in [3.05, 3.63) is 51.6 Å². The zero-order valence-corrected chi connectivity index (χ0v) is 15.2. The molecule has 3 aromatic heterocycles. The molecule has 8 heteroatoms. The van der Waals surface area contributed by atoms with Gasteiger partial charge in [-0.25, -0.2) is 4.98 Å². The van der Waals surface area contributed by atoms with Crippen molar-refractivity contribution in [3.63, 3.8) is 0 Å². The highest BCUT2D eigenvalue weighted by molar-refractivity contribution is 7.19. The zero-order chi connectivity index (χ0) is 17.7. The van der Waals surface area contributed by atoms with Gasteiger partial charge in [0.1, 0.15) is 11.2 Å². The Bertz CT molecular complexity index is 1150. The summed E-state index contributed by atoms with van der Waals surface area (Å²) in [7, 11) is 0. The van der Waals surface area contributed by atoms with Crippen molar-refractivity contribution in [1.82, 2.24) is 19.6 Å². The lowest BCUT2D eigenvalue weighted by Crippen LogP contribution is -2.12. The van der Waals surface area contributed by atoms with Crippen LogP contribution in [0.2, 0.25) is 5.02 Å². The highest BCUT2D eigenvalue weighted by Crippen LogP contribution is 2.38. The van der Waals surface area contributed by atoms with Gasteiger partial charge in [-0.05, 0) is 49.1 Å². The number of ketones is 1. The zero-order valence-electron chi connectivity index (χ0n) is 13.6. The van der Waals surface area contributed by atoms with Gasteiger partial charge in [0.05, 0.1) is 5.39 Å². The number of halogens is 1. The molecule has 0 unspecified atom stereocenters. The van der Waals surface area contributed by atoms with Crippen LogP contribution in [0.5, 0.6) is 6.01 Å². The first-order valence-corrected chi connectivity index (χ1v) is 9.46. The molecule has 0 N–H and O–H groups in total. The molecule has 1 aliphatic carbocycles. The first-order chi connectivity index (χ1) is 12.7. The number of fused-ring (bicyclic) bond motifs is 5. The van der Waals surface area contributed by atoms with Gasteiger partial charge in [-0.2, -0.15) is 9.50 Å². The summed E-state index contributed by atoms with van der Waals surface area (Å²) in [4.78, 5) is 23.6. The lowest BCUT2D eigenvalue weighted by Gasteiger charge is -2.01. The van der Waals surface area contributed by atoms with Crippen LogP contribution in [0.15, 0.2) is 30.6 Å². The number of rotatable bonds is 4. The second-order valence-corrected chi connectivity index (χ2v) is 7.68. The number of thiophene rings is 1. The van der Waals surface area contributed by atoms with Crippen LogP contribution in [0.1, 0.15) is 27.2 Å². The summed E-state index contributed by atoms with van der Waals surface area (Å²) in [5, 5.41) is 5.95. The number of hydrogen-bond donors (Lipinski definition) is 0. The van der Waals surface area contributed by atoms with Crippen LogP contribution in [0.25, 0.3) is 15.9 Å². The van der Waals surface area contributed by atoms with E-state index in [1.54, 1.807) is 46.4 Å². The molecule has 1 aliphatic rings. The number of nitrogens with zero attached hydrogens (tertiary/aromatic N) is 4. The van der Waals surface area contributed by atoms with Crippen LogP contribution in [-0.4, -0.2) is 32.0 Å². The maximum absolute atomic E-state index is 12.2. The lowest BCUT2D eigenvalue weighted by molar-refractivity contribution is 0.0914. The Kier molecular flexibility index (Phi) is 3.65. The number of carbonyl (C=O) groups excluding carboxylic acids is 1. The molecule has 1 aromatic carbocycles. The van der Waals surface area contributed by atoms with Crippen LogP contribution < -0.4 is 4.74 Å². The fraction of sp³-hybridized carbons (Fsp3) is 0.222. The van der Waals surface area contributed by atoms with E-state index in [2.05, 4.69) is 15.1 Å². The van der Waals surface area contributed by atoms with Crippen LogP contribution in [-0.2, 0) is 12.8 Å². The third-order valence-electron chi connectivity index (χ3n) is 4.52. The van der Waals surface area contributed by atoms with Crippen LogP contribution >= 0.6 is 22.9 Å². The smallest absolute Gasteiger partial charge is 0.336 e.